The first-order chi connectivity index (χ1) is 32.6. The molecule has 2 aliphatic heterocycles. The molecule has 0 amide bonds. The van der Waals surface area contributed by atoms with Gasteiger partial charge in [-0.15, -0.1) is 11.3 Å². The van der Waals surface area contributed by atoms with Crippen molar-refractivity contribution >= 4 is 56.0 Å². The van der Waals surface area contributed by atoms with Gasteiger partial charge >= 0.3 is 0 Å². The third kappa shape index (κ3) is 8.12. The van der Waals surface area contributed by atoms with Crippen molar-refractivity contribution in [3.8, 4) is 44.0 Å². The highest BCUT2D eigenvalue weighted by Gasteiger charge is 2.29. The Morgan fingerprint density at radius 2 is 1.23 bits per heavy atom. The highest BCUT2D eigenvalue weighted by molar-refractivity contribution is 7.21. The van der Waals surface area contributed by atoms with E-state index < -0.39 is 0 Å². The van der Waals surface area contributed by atoms with Crippen molar-refractivity contribution in [2.75, 3.05) is 16.0 Å². The fourth-order valence-electron chi connectivity index (χ4n) is 9.28. The molecule has 66 heavy (non-hydrogen) atoms. The number of fused-ring (bicyclic) bond motifs is 2. The van der Waals surface area contributed by atoms with Crippen molar-refractivity contribution in [2.45, 2.75) is 44.9 Å². The molecule has 0 bridgehead atoms. The van der Waals surface area contributed by atoms with Gasteiger partial charge in [-0.05, 0) is 106 Å². The first kappa shape index (κ1) is 40.9. The predicted molar refractivity (Wildman–Crippen MR) is 278 cm³/mol. The van der Waals surface area contributed by atoms with Gasteiger partial charge in [0.1, 0.15) is 23.2 Å². The van der Waals surface area contributed by atoms with Gasteiger partial charge in [0.05, 0.1) is 21.6 Å². The highest BCUT2D eigenvalue weighted by Crippen LogP contribution is 2.43. The molecule has 1 aromatic heterocycles. The highest BCUT2D eigenvalue weighted by atomic mass is 32.1. The van der Waals surface area contributed by atoms with E-state index in [1.54, 1.807) is 11.3 Å². The molecule has 0 saturated heterocycles. The number of hydrogen-bond donors (Lipinski definition) is 3. The molecule has 9 aromatic rings. The van der Waals surface area contributed by atoms with Crippen LogP contribution in [-0.4, -0.2) is 22.8 Å². The summed E-state index contributed by atoms with van der Waals surface area (Å²) in [5.41, 5.74) is 22.4. The molecule has 2 unspecified atom stereocenters. The number of unbranched alkanes of at least 4 members (excludes halogenated alkanes) is 2. The van der Waals surface area contributed by atoms with Crippen molar-refractivity contribution in [2.24, 2.45) is 9.98 Å². The summed E-state index contributed by atoms with van der Waals surface area (Å²) in [5, 5.41) is 8.52. The van der Waals surface area contributed by atoms with E-state index in [1.165, 1.54) is 57.7 Å². The zero-order valence-corrected chi connectivity index (χ0v) is 37.5. The zero-order chi connectivity index (χ0) is 44.4. The summed E-state index contributed by atoms with van der Waals surface area (Å²) < 4.78 is 1.18. The molecule has 8 aromatic carbocycles. The van der Waals surface area contributed by atoms with Crippen LogP contribution in [0.5, 0.6) is 0 Å². The third-order valence-electron chi connectivity index (χ3n) is 12.6. The monoisotopic (exact) mass is 875 g/mol. The minimum Gasteiger partial charge on any atom is -0.399 e. The molecule has 0 aliphatic carbocycles. The maximum atomic E-state index is 6.31. The number of para-hydroxylation sites is 3. The van der Waals surface area contributed by atoms with E-state index in [-0.39, 0.29) is 12.3 Å². The van der Waals surface area contributed by atoms with Crippen LogP contribution in [0.1, 0.15) is 55.5 Å². The molecule has 8 heteroatoms. The summed E-state index contributed by atoms with van der Waals surface area (Å²) in [5.74, 6) is 1.37. The van der Waals surface area contributed by atoms with Crippen LogP contribution in [-0.2, 0) is 0 Å². The molecule has 0 radical (unpaired) electrons. The van der Waals surface area contributed by atoms with Gasteiger partial charge in [0.15, 0.2) is 5.84 Å². The van der Waals surface area contributed by atoms with Gasteiger partial charge in [0, 0.05) is 28.1 Å². The van der Waals surface area contributed by atoms with Gasteiger partial charge in [-0.2, -0.15) is 0 Å². The Hall–Kier alpha value is -7.81. The molecule has 322 valence electrons. The van der Waals surface area contributed by atoms with Gasteiger partial charge in [-0.3, -0.25) is 0 Å². The van der Waals surface area contributed by atoms with E-state index >= 15 is 0 Å². The van der Waals surface area contributed by atoms with Crippen molar-refractivity contribution < 1.29 is 0 Å². The molecule has 2 atom stereocenters. The summed E-state index contributed by atoms with van der Waals surface area (Å²) in [4.78, 5) is 17.7. The molecule has 4 N–H and O–H groups in total. The number of nitrogens with two attached hydrogens (primary N) is 1. The van der Waals surface area contributed by atoms with E-state index in [9.17, 15) is 0 Å². The number of aromatic nitrogens is 1. The summed E-state index contributed by atoms with van der Waals surface area (Å²) in [7, 11) is 0. The maximum absolute atomic E-state index is 6.31. The number of rotatable bonds is 12. The lowest BCUT2D eigenvalue weighted by Crippen LogP contribution is -2.34. The molecule has 2 aliphatic rings. The SMILES string of the molecule is CCCCCC1Nc2ccccc2N1c1ccc(-c2ccccc2-c2cccc(-c3ccccc3C3=NC(c4cccc(N)c4)=NC(c4ccc(-c5nc6ccccc6s5)cc4)N3)c2)cc1. The van der Waals surface area contributed by atoms with Crippen molar-refractivity contribution in [3.05, 3.63) is 211 Å². The average molecular weight is 876 g/mol. The van der Waals surface area contributed by atoms with Gasteiger partial charge in [-0.1, -0.05) is 159 Å². The van der Waals surface area contributed by atoms with Crippen molar-refractivity contribution in [1.82, 2.24) is 10.3 Å². The third-order valence-corrected chi connectivity index (χ3v) is 13.7. The maximum Gasteiger partial charge on any atom is 0.159 e. The van der Waals surface area contributed by atoms with Gasteiger partial charge in [-0.25, -0.2) is 15.0 Å². The minimum absolute atomic E-state index is 0.233. The van der Waals surface area contributed by atoms with Crippen LogP contribution in [0.25, 0.3) is 54.2 Å². The molecule has 0 fully saturated rings. The van der Waals surface area contributed by atoms with Crippen LogP contribution < -0.4 is 21.3 Å². The fourth-order valence-corrected chi connectivity index (χ4v) is 10.2. The molecule has 0 saturated carbocycles. The number of anilines is 4. The largest absolute Gasteiger partial charge is 0.399 e. The van der Waals surface area contributed by atoms with E-state index in [4.69, 9.17) is 20.7 Å². The lowest BCUT2D eigenvalue weighted by atomic mass is 9.91. The van der Waals surface area contributed by atoms with Crippen LogP contribution in [0.15, 0.2) is 204 Å². The number of nitrogens with zero attached hydrogens (tertiary/aromatic N) is 4. The Balaban J connectivity index is 0.909. The van der Waals surface area contributed by atoms with Crippen LogP contribution in [0.2, 0.25) is 0 Å². The smallest absolute Gasteiger partial charge is 0.159 e. The second-order valence-corrected chi connectivity index (χ2v) is 18.0. The van der Waals surface area contributed by atoms with Crippen molar-refractivity contribution in [1.29, 1.82) is 0 Å². The predicted octanol–water partition coefficient (Wildman–Crippen LogP) is 14.5. The first-order valence-electron chi connectivity index (χ1n) is 22.9. The number of benzene rings is 8. The second kappa shape index (κ2) is 18.0. The number of hydrogen-bond acceptors (Lipinski definition) is 8. The normalized spacial score (nSPS) is 15.4. The van der Waals surface area contributed by atoms with Gasteiger partial charge in [0.2, 0.25) is 0 Å². The quantitative estimate of drug-likeness (QED) is 0.0840. The van der Waals surface area contributed by atoms with E-state index in [2.05, 4.69) is 186 Å². The second-order valence-electron chi connectivity index (χ2n) is 17.0. The number of thiazole rings is 1. The zero-order valence-electron chi connectivity index (χ0n) is 36.7. The lowest BCUT2D eigenvalue weighted by Gasteiger charge is -2.27. The van der Waals surface area contributed by atoms with Crippen LogP contribution in [0.4, 0.5) is 22.7 Å². The number of nitrogens with one attached hydrogen (secondary N) is 2. The fraction of sp³-hybridized carbons (Fsp3) is 0.121. The van der Waals surface area contributed by atoms with Crippen molar-refractivity contribution in [3.63, 3.8) is 0 Å². The van der Waals surface area contributed by atoms with E-state index in [0.29, 0.717) is 11.5 Å². The molecule has 7 nitrogen and oxygen atoms in total. The van der Waals surface area contributed by atoms with Gasteiger partial charge < -0.3 is 21.3 Å². The summed E-state index contributed by atoms with van der Waals surface area (Å²) >= 11 is 1.70. The standard InChI is InChI=1S/C58H49N7S/c1-2-3-4-27-54-60-50-23-9-11-25-52(50)65(54)45-34-32-38(33-35-45)46-19-5-6-20-47(46)41-15-13-16-42(36-41)48-21-7-8-22-49(48)57-63-55(62-56(64-57)43-17-14-18-44(59)37-43)39-28-30-40(31-29-39)58-61-51-24-10-12-26-53(51)66-58/h5-26,28-37,54-55,60H,2-4,27,59H2,1H3,(H,62,63,64). The summed E-state index contributed by atoms with van der Waals surface area (Å²) in [6.45, 7) is 2.26. The van der Waals surface area contributed by atoms with Crippen LogP contribution >= 0.6 is 11.3 Å². The molecule has 3 heterocycles. The number of nitrogen functional groups attached to an aromatic ring is 1. The van der Waals surface area contributed by atoms with Gasteiger partial charge in [0.25, 0.3) is 0 Å². The van der Waals surface area contributed by atoms with Crippen LogP contribution in [0, 0.1) is 0 Å². The summed E-state index contributed by atoms with van der Waals surface area (Å²) in [6.07, 6.45) is 4.57. The Kier molecular flexibility index (Phi) is 11.2. The topological polar surface area (TPSA) is 90.9 Å². The minimum atomic E-state index is -0.389. The average Bonchev–Trinajstić information content (AvgIpc) is 3.98. The van der Waals surface area contributed by atoms with E-state index in [1.807, 2.05) is 30.3 Å². The molecular weight excluding hydrogens is 827 g/mol. The molecule has 0 spiro atoms. The Bertz CT molecular complexity index is 3230. The molecule has 11 rings (SSSR count). The molecular formula is C58H49N7S. The number of amidine groups is 2. The first-order valence-corrected chi connectivity index (χ1v) is 23.7. The Morgan fingerprint density at radius 1 is 0.576 bits per heavy atom. The lowest BCUT2D eigenvalue weighted by molar-refractivity contribution is 0.601. The summed E-state index contributed by atoms with van der Waals surface area (Å²) in [6, 6.07) is 68.4. The Labute approximate surface area is 390 Å². The Morgan fingerprint density at radius 3 is 1.98 bits per heavy atom. The number of aliphatic imine (C=N–C) groups is 2. The van der Waals surface area contributed by atoms with Crippen LogP contribution in [0.3, 0.4) is 0 Å². The van der Waals surface area contributed by atoms with E-state index in [0.717, 1.165) is 61.7 Å².